The second-order valence-corrected chi connectivity index (χ2v) is 11.5. The summed E-state index contributed by atoms with van der Waals surface area (Å²) in [6.07, 6.45) is 0. The molecule has 2 aromatic carbocycles. The number of rotatable bonds is 11. The number of halogens is 1. The van der Waals surface area contributed by atoms with Gasteiger partial charge in [0.1, 0.15) is 12.4 Å². The van der Waals surface area contributed by atoms with Crippen LogP contribution in [-0.2, 0) is 22.6 Å². The van der Waals surface area contributed by atoms with E-state index in [1.807, 2.05) is 42.6 Å². The topological polar surface area (TPSA) is 65.1 Å². The number of hydrogen-bond donors (Lipinski definition) is 1. The number of nitrogens with zero attached hydrogens (tertiary/aromatic N) is 3. The highest BCUT2D eigenvalue weighted by molar-refractivity contribution is 7.10. The number of carbonyl (C=O) groups excluding carboxylic acids is 2. The van der Waals surface area contributed by atoms with E-state index in [-0.39, 0.29) is 24.3 Å². The van der Waals surface area contributed by atoms with Crippen molar-refractivity contribution in [2.24, 2.45) is 0 Å². The van der Waals surface area contributed by atoms with Gasteiger partial charge < -0.3 is 19.9 Å². The monoisotopic (exact) mass is 566 g/mol. The van der Waals surface area contributed by atoms with Gasteiger partial charge in [-0.2, -0.15) is 0 Å². The van der Waals surface area contributed by atoms with Crippen molar-refractivity contribution >= 4 is 29.0 Å². The number of urea groups is 1. The lowest BCUT2D eigenvalue weighted by Gasteiger charge is -2.31. The molecule has 3 amide bonds. The van der Waals surface area contributed by atoms with Gasteiger partial charge in [-0.15, -0.1) is 11.3 Å². The van der Waals surface area contributed by atoms with E-state index < -0.39 is 0 Å². The third kappa shape index (κ3) is 8.61. The molecule has 1 N–H and O–H groups in total. The minimum Gasteiger partial charge on any atom is -0.379 e. The lowest BCUT2D eigenvalue weighted by molar-refractivity contribution is -0.133. The van der Waals surface area contributed by atoms with Gasteiger partial charge in [-0.1, -0.05) is 38.1 Å². The summed E-state index contributed by atoms with van der Waals surface area (Å²) in [5.41, 5.74) is 3.83. The first-order chi connectivity index (χ1) is 19.3. The second kappa shape index (κ2) is 14.4. The zero-order valence-corrected chi connectivity index (χ0v) is 24.4. The van der Waals surface area contributed by atoms with Gasteiger partial charge in [0.25, 0.3) is 0 Å². The van der Waals surface area contributed by atoms with E-state index in [9.17, 15) is 14.0 Å². The Labute approximate surface area is 240 Å². The Morgan fingerprint density at radius 3 is 2.33 bits per heavy atom. The number of morpholine rings is 1. The fourth-order valence-electron chi connectivity index (χ4n) is 4.54. The maximum absolute atomic E-state index is 13.8. The average molecular weight is 567 g/mol. The molecule has 0 saturated carbocycles. The Balaban J connectivity index is 1.50. The van der Waals surface area contributed by atoms with Crippen LogP contribution in [0.1, 0.15) is 41.3 Å². The highest BCUT2D eigenvalue weighted by Crippen LogP contribution is 2.21. The Hall–Kier alpha value is -3.27. The normalized spacial score (nSPS) is 13.8. The summed E-state index contributed by atoms with van der Waals surface area (Å²) in [7, 11) is 0. The number of benzene rings is 2. The summed E-state index contributed by atoms with van der Waals surface area (Å²) in [6.45, 7) is 11.0. The summed E-state index contributed by atoms with van der Waals surface area (Å²) in [5.74, 6) is -0.0843. The fraction of sp³-hybridized carbons (Fsp3) is 0.419. The smallest absolute Gasteiger partial charge is 0.322 e. The molecule has 2 heterocycles. The maximum atomic E-state index is 13.8. The van der Waals surface area contributed by atoms with Crippen molar-refractivity contribution in [3.63, 3.8) is 0 Å². The van der Waals surface area contributed by atoms with E-state index in [0.717, 1.165) is 29.1 Å². The van der Waals surface area contributed by atoms with Crippen molar-refractivity contribution < 1.29 is 18.7 Å². The Bertz CT molecular complexity index is 1240. The molecule has 0 bridgehead atoms. The number of hydrogen-bond acceptors (Lipinski definition) is 5. The number of carbonyl (C=O) groups is 2. The molecule has 0 unspecified atom stereocenters. The quantitative estimate of drug-likeness (QED) is 0.323. The van der Waals surface area contributed by atoms with E-state index in [2.05, 4.69) is 24.1 Å². The van der Waals surface area contributed by atoms with Crippen molar-refractivity contribution in [2.45, 2.75) is 39.8 Å². The van der Waals surface area contributed by atoms with E-state index in [0.29, 0.717) is 51.0 Å². The molecule has 7 nitrogen and oxygen atoms in total. The van der Waals surface area contributed by atoms with Gasteiger partial charge in [0.05, 0.1) is 19.8 Å². The number of amides is 3. The number of thiophene rings is 1. The molecule has 4 rings (SSSR count). The molecule has 0 aliphatic carbocycles. The number of ether oxygens (including phenoxy) is 1. The minimum absolute atomic E-state index is 0.0636. The van der Waals surface area contributed by atoms with Gasteiger partial charge in [0.15, 0.2) is 0 Å². The highest BCUT2D eigenvalue weighted by Gasteiger charge is 2.24. The van der Waals surface area contributed by atoms with Crippen LogP contribution in [0.3, 0.4) is 0 Å². The van der Waals surface area contributed by atoms with Crippen molar-refractivity contribution in [1.82, 2.24) is 14.7 Å². The first kappa shape index (κ1) is 29.7. The highest BCUT2D eigenvalue weighted by atomic mass is 32.1. The molecule has 1 aliphatic rings. The standard InChI is InChI=1S/C31H39FN4O3S/c1-23(2)26-6-10-28(11-7-26)33-31(38)35(14-13-34-15-17-39-18-16-34)22-30(37)36(21-29-24(3)12-19-40-29)20-25-4-8-27(32)9-5-25/h4-12,19,23H,13-18,20-22H2,1-3H3,(H,33,38). The summed E-state index contributed by atoms with van der Waals surface area (Å²) in [4.78, 5) is 34.0. The van der Waals surface area contributed by atoms with Gasteiger partial charge in [-0.25, -0.2) is 9.18 Å². The number of aryl methyl sites for hydroxylation is 1. The van der Waals surface area contributed by atoms with Crippen LogP contribution in [0.25, 0.3) is 0 Å². The molecule has 214 valence electrons. The minimum atomic E-state index is -0.317. The van der Waals surface area contributed by atoms with Crippen LogP contribution in [0, 0.1) is 12.7 Å². The van der Waals surface area contributed by atoms with Crippen molar-refractivity contribution in [2.75, 3.05) is 51.3 Å². The number of anilines is 1. The average Bonchev–Trinajstić information content (AvgIpc) is 3.36. The molecular formula is C31H39FN4O3S. The molecule has 9 heteroatoms. The van der Waals surface area contributed by atoms with Crippen LogP contribution in [0.15, 0.2) is 60.0 Å². The molecule has 1 fully saturated rings. The van der Waals surface area contributed by atoms with Gasteiger partial charge in [-0.3, -0.25) is 9.69 Å². The van der Waals surface area contributed by atoms with Gasteiger partial charge in [0, 0.05) is 43.3 Å². The zero-order chi connectivity index (χ0) is 28.5. The third-order valence-electron chi connectivity index (χ3n) is 7.17. The molecule has 40 heavy (non-hydrogen) atoms. The summed E-state index contributed by atoms with van der Waals surface area (Å²) in [5, 5.41) is 5.00. The van der Waals surface area contributed by atoms with E-state index in [1.54, 1.807) is 33.3 Å². The van der Waals surface area contributed by atoms with Crippen LogP contribution in [0.2, 0.25) is 0 Å². The predicted molar refractivity (Wildman–Crippen MR) is 158 cm³/mol. The summed E-state index contributed by atoms with van der Waals surface area (Å²) < 4.78 is 19.0. The Kier molecular flexibility index (Phi) is 10.7. The first-order valence-corrected chi connectivity index (χ1v) is 14.7. The molecule has 1 saturated heterocycles. The lowest BCUT2D eigenvalue weighted by atomic mass is 10.0. The largest absolute Gasteiger partial charge is 0.379 e. The second-order valence-electron chi connectivity index (χ2n) is 10.5. The summed E-state index contributed by atoms with van der Waals surface area (Å²) in [6, 6.07) is 15.7. The third-order valence-corrected chi connectivity index (χ3v) is 8.18. The van der Waals surface area contributed by atoms with E-state index >= 15 is 0 Å². The van der Waals surface area contributed by atoms with Crippen LogP contribution < -0.4 is 5.32 Å². The molecule has 1 aliphatic heterocycles. The van der Waals surface area contributed by atoms with Crippen molar-refractivity contribution in [3.8, 4) is 0 Å². The molecule has 1 aromatic heterocycles. The van der Waals surface area contributed by atoms with E-state index in [1.165, 1.54) is 17.7 Å². The molecule has 0 radical (unpaired) electrons. The molecule has 0 atom stereocenters. The SMILES string of the molecule is Cc1ccsc1CN(Cc1ccc(F)cc1)C(=O)CN(CCN1CCOCC1)C(=O)Nc1ccc(C(C)C)cc1. The predicted octanol–water partition coefficient (Wildman–Crippen LogP) is 5.71. The Morgan fingerprint density at radius 2 is 1.70 bits per heavy atom. The van der Waals surface area contributed by atoms with Crippen LogP contribution in [0.4, 0.5) is 14.9 Å². The van der Waals surface area contributed by atoms with Crippen molar-refractivity contribution in [1.29, 1.82) is 0 Å². The van der Waals surface area contributed by atoms with Crippen LogP contribution in [0.5, 0.6) is 0 Å². The molecular weight excluding hydrogens is 527 g/mol. The van der Waals surface area contributed by atoms with Gasteiger partial charge >= 0.3 is 6.03 Å². The molecule has 3 aromatic rings. The molecule has 0 spiro atoms. The Morgan fingerprint density at radius 1 is 1.00 bits per heavy atom. The maximum Gasteiger partial charge on any atom is 0.322 e. The van der Waals surface area contributed by atoms with Crippen LogP contribution >= 0.6 is 11.3 Å². The van der Waals surface area contributed by atoms with E-state index in [4.69, 9.17) is 4.74 Å². The number of nitrogens with one attached hydrogen (secondary N) is 1. The summed E-state index contributed by atoms with van der Waals surface area (Å²) >= 11 is 1.60. The fourth-order valence-corrected chi connectivity index (χ4v) is 5.46. The van der Waals surface area contributed by atoms with Gasteiger partial charge in [0.2, 0.25) is 5.91 Å². The lowest BCUT2D eigenvalue weighted by Crippen LogP contribution is -2.48. The zero-order valence-electron chi connectivity index (χ0n) is 23.6. The van der Waals surface area contributed by atoms with Crippen LogP contribution in [-0.4, -0.2) is 72.6 Å². The first-order valence-electron chi connectivity index (χ1n) is 13.8. The van der Waals surface area contributed by atoms with Crippen molar-refractivity contribution in [3.05, 3.63) is 87.4 Å². The van der Waals surface area contributed by atoms with Gasteiger partial charge in [-0.05, 0) is 65.2 Å².